The van der Waals surface area contributed by atoms with E-state index in [9.17, 15) is 4.79 Å². The molecule has 2 N–H and O–H groups in total. The van der Waals surface area contributed by atoms with Crippen molar-refractivity contribution in [1.82, 2.24) is 29.3 Å². The summed E-state index contributed by atoms with van der Waals surface area (Å²) in [7, 11) is 0. The molecule has 8 heteroatoms. The number of carbonyl (C=O) groups excluding carboxylic acids is 1. The zero-order valence-electron chi connectivity index (χ0n) is 12.8. The Morgan fingerprint density at radius 3 is 2.83 bits per heavy atom. The van der Waals surface area contributed by atoms with Crippen molar-refractivity contribution in [2.75, 3.05) is 0 Å². The number of nitrogens with zero attached hydrogens (tertiary/aromatic N) is 6. The van der Waals surface area contributed by atoms with Crippen molar-refractivity contribution in [2.45, 2.75) is 26.3 Å². The first-order chi connectivity index (χ1) is 11.1. The van der Waals surface area contributed by atoms with Crippen molar-refractivity contribution in [3.8, 4) is 17.2 Å². The Hall–Kier alpha value is -3.03. The highest BCUT2D eigenvalue weighted by atomic mass is 16.1. The normalized spacial score (nSPS) is 10.8. The fourth-order valence-electron chi connectivity index (χ4n) is 2.22. The van der Waals surface area contributed by atoms with E-state index in [2.05, 4.69) is 20.1 Å². The first kappa shape index (κ1) is 14.9. The summed E-state index contributed by atoms with van der Waals surface area (Å²) in [5.41, 5.74) is 7.57. The largest absolute Gasteiger partial charge is 0.370 e. The molecular weight excluding hydrogens is 294 g/mol. The van der Waals surface area contributed by atoms with E-state index in [-0.39, 0.29) is 5.91 Å². The number of nitrogens with two attached hydrogens (primary N) is 1. The average molecular weight is 311 g/mol. The standard InChI is InChI=1S/C15H17N7O/c1-11-7-19-13(9-18-11)15-17-4-6-22(15)12-8-20-21(10-12)5-2-3-14(16)23/h4,6-10H,2-3,5H2,1H3,(H2,16,23). The van der Waals surface area contributed by atoms with Crippen molar-refractivity contribution >= 4 is 5.91 Å². The van der Waals surface area contributed by atoms with Crippen LogP contribution in [0.1, 0.15) is 18.5 Å². The molecule has 0 aliphatic rings. The lowest BCUT2D eigenvalue weighted by atomic mass is 10.3. The summed E-state index contributed by atoms with van der Waals surface area (Å²) in [5.74, 6) is 0.404. The molecule has 23 heavy (non-hydrogen) atoms. The maximum absolute atomic E-state index is 10.8. The van der Waals surface area contributed by atoms with Crippen molar-refractivity contribution in [3.05, 3.63) is 42.9 Å². The van der Waals surface area contributed by atoms with Gasteiger partial charge in [-0.2, -0.15) is 5.10 Å². The molecule has 0 fully saturated rings. The van der Waals surface area contributed by atoms with Gasteiger partial charge in [0.2, 0.25) is 5.91 Å². The van der Waals surface area contributed by atoms with Crippen LogP contribution in [-0.4, -0.2) is 35.2 Å². The number of aryl methyl sites for hydroxylation is 2. The SMILES string of the molecule is Cc1cnc(-c2nccn2-c2cnn(CCCC(N)=O)c2)cn1. The third kappa shape index (κ3) is 3.42. The van der Waals surface area contributed by atoms with Crippen molar-refractivity contribution in [1.29, 1.82) is 0 Å². The molecule has 3 rings (SSSR count). The minimum Gasteiger partial charge on any atom is -0.370 e. The highest BCUT2D eigenvalue weighted by molar-refractivity contribution is 5.73. The lowest BCUT2D eigenvalue weighted by Crippen LogP contribution is -2.11. The van der Waals surface area contributed by atoms with Crippen LogP contribution >= 0.6 is 0 Å². The molecule has 0 saturated heterocycles. The van der Waals surface area contributed by atoms with Crippen molar-refractivity contribution in [2.24, 2.45) is 5.73 Å². The van der Waals surface area contributed by atoms with Gasteiger partial charge in [-0.1, -0.05) is 0 Å². The van der Waals surface area contributed by atoms with Gasteiger partial charge in [0.25, 0.3) is 0 Å². The molecule has 0 atom stereocenters. The van der Waals surface area contributed by atoms with Crippen molar-refractivity contribution < 1.29 is 4.79 Å². The van der Waals surface area contributed by atoms with E-state index in [1.165, 1.54) is 0 Å². The molecule has 1 amide bonds. The first-order valence-electron chi connectivity index (χ1n) is 7.27. The quantitative estimate of drug-likeness (QED) is 0.734. The van der Waals surface area contributed by atoms with Gasteiger partial charge in [-0.05, 0) is 13.3 Å². The van der Waals surface area contributed by atoms with Gasteiger partial charge < -0.3 is 5.73 Å². The second kappa shape index (κ2) is 6.39. The highest BCUT2D eigenvalue weighted by Gasteiger charge is 2.11. The van der Waals surface area contributed by atoms with Gasteiger partial charge in [0.15, 0.2) is 5.82 Å². The lowest BCUT2D eigenvalue weighted by Gasteiger charge is -2.04. The summed E-state index contributed by atoms with van der Waals surface area (Å²) in [6.45, 7) is 2.52. The average Bonchev–Trinajstić information content (AvgIpc) is 3.16. The van der Waals surface area contributed by atoms with E-state index in [1.54, 1.807) is 29.5 Å². The third-order valence-corrected chi connectivity index (χ3v) is 3.36. The van der Waals surface area contributed by atoms with E-state index in [4.69, 9.17) is 5.73 Å². The van der Waals surface area contributed by atoms with Gasteiger partial charge in [0.1, 0.15) is 5.69 Å². The Morgan fingerprint density at radius 2 is 2.09 bits per heavy atom. The summed E-state index contributed by atoms with van der Waals surface area (Å²) >= 11 is 0. The molecule has 0 aliphatic heterocycles. The van der Waals surface area contributed by atoms with Gasteiger partial charge >= 0.3 is 0 Å². The molecule has 0 radical (unpaired) electrons. The first-order valence-corrected chi connectivity index (χ1v) is 7.27. The van der Waals surface area contributed by atoms with Crippen LogP contribution in [-0.2, 0) is 11.3 Å². The monoisotopic (exact) mass is 311 g/mol. The summed E-state index contributed by atoms with van der Waals surface area (Å²) in [4.78, 5) is 23.7. The molecule has 3 heterocycles. The molecule has 0 bridgehead atoms. The van der Waals surface area contributed by atoms with Crippen LogP contribution < -0.4 is 5.73 Å². The Morgan fingerprint density at radius 1 is 1.22 bits per heavy atom. The lowest BCUT2D eigenvalue weighted by molar-refractivity contribution is -0.118. The van der Waals surface area contributed by atoms with Gasteiger partial charge in [-0.25, -0.2) is 9.97 Å². The van der Waals surface area contributed by atoms with E-state index in [1.807, 2.05) is 23.9 Å². The predicted octanol–water partition coefficient (Wildman–Crippen LogP) is 1.10. The predicted molar refractivity (Wildman–Crippen MR) is 83.5 cm³/mol. The topological polar surface area (TPSA) is 105 Å². The minimum atomic E-state index is -0.299. The van der Waals surface area contributed by atoms with E-state index in [0.717, 1.165) is 11.4 Å². The highest BCUT2D eigenvalue weighted by Crippen LogP contribution is 2.18. The number of carbonyl (C=O) groups is 1. The molecule has 0 unspecified atom stereocenters. The molecule has 0 spiro atoms. The number of rotatable bonds is 6. The number of imidazole rings is 1. The second-order valence-corrected chi connectivity index (χ2v) is 5.20. The Labute approximate surface area is 133 Å². The molecule has 8 nitrogen and oxygen atoms in total. The van der Waals surface area contributed by atoms with Crippen LogP contribution in [0.2, 0.25) is 0 Å². The summed E-state index contributed by atoms with van der Waals surface area (Å²) in [6, 6.07) is 0. The Bertz CT molecular complexity index is 803. The smallest absolute Gasteiger partial charge is 0.217 e. The zero-order chi connectivity index (χ0) is 16.2. The van der Waals surface area contributed by atoms with Crippen LogP contribution in [0.5, 0.6) is 0 Å². The maximum atomic E-state index is 10.8. The van der Waals surface area contributed by atoms with Crippen molar-refractivity contribution in [3.63, 3.8) is 0 Å². The summed E-state index contributed by atoms with van der Waals surface area (Å²) in [5, 5.41) is 4.30. The maximum Gasteiger partial charge on any atom is 0.217 e. The van der Waals surface area contributed by atoms with E-state index in [0.29, 0.717) is 30.9 Å². The third-order valence-electron chi connectivity index (χ3n) is 3.36. The molecule has 3 aromatic rings. The number of amides is 1. The molecule has 0 aliphatic carbocycles. The number of hydrogen-bond acceptors (Lipinski definition) is 5. The van der Waals surface area contributed by atoms with E-state index >= 15 is 0 Å². The fourth-order valence-corrected chi connectivity index (χ4v) is 2.22. The Balaban J connectivity index is 1.80. The summed E-state index contributed by atoms with van der Waals surface area (Å²) < 4.78 is 3.68. The minimum absolute atomic E-state index is 0.299. The van der Waals surface area contributed by atoms with Crippen LogP contribution in [0.15, 0.2) is 37.2 Å². The number of primary amides is 1. The van der Waals surface area contributed by atoms with Crippen LogP contribution in [0, 0.1) is 6.92 Å². The van der Waals surface area contributed by atoms with E-state index < -0.39 is 0 Å². The van der Waals surface area contributed by atoms with Gasteiger partial charge in [-0.3, -0.25) is 19.0 Å². The van der Waals surface area contributed by atoms with Crippen LogP contribution in [0.25, 0.3) is 17.2 Å². The zero-order valence-corrected chi connectivity index (χ0v) is 12.8. The van der Waals surface area contributed by atoms with Crippen LogP contribution in [0.4, 0.5) is 0 Å². The summed E-state index contributed by atoms with van der Waals surface area (Å²) in [6.07, 6.45) is 11.6. The number of aromatic nitrogens is 6. The molecule has 0 aromatic carbocycles. The van der Waals surface area contributed by atoms with Gasteiger partial charge in [0, 0.05) is 37.8 Å². The molecule has 118 valence electrons. The molecule has 3 aromatic heterocycles. The second-order valence-electron chi connectivity index (χ2n) is 5.20. The van der Waals surface area contributed by atoms with Crippen LogP contribution in [0.3, 0.4) is 0 Å². The Kier molecular flexibility index (Phi) is 4.13. The van der Waals surface area contributed by atoms with Gasteiger partial charge in [0.05, 0.1) is 23.8 Å². The van der Waals surface area contributed by atoms with Gasteiger partial charge in [-0.15, -0.1) is 0 Å². The molecule has 0 saturated carbocycles. The number of hydrogen-bond donors (Lipinski definition) is 1. The fraction of sp³-hybridized carbons (Fsp3) is 0.267. The molecular formula is C15H17N7O.